The molecule has 0 aromatic heterocycles. The Labute approximate surface area is 114 Å². The van der Waals surface area contributed by atoms with Gasteiger partial charge < -0.3 is 14.6 Å². The van der Waals surface area contributed by atoms with E-state index in [4.69, 9.17) is 4.74 Å². The second-order valence-electron chi connectivity index (χ2n) is 4.72. The Balaban J connectivity index is 2.44. The molecule has 0 saturated carbocycles. The summed E-state index contributed by atoms with van der Waals surface area (Å²) in [4.78, 5) is 11.0. The minimum Gasteiger partial charge on any atom is -0.491 e. The van der Waals surface area contributed by atoms with Gasteiger partial charge in [-0.05, 0) is 44.4 Å². The van der Waals surface area contributed by atoms with Crippen LogP contribution in [0.4, 0.5) is 0 Å². The standard InChI is InChI=1S/C15H22O4/c1-11(2)19-13-9-7-12(8-10-13)14(16)5-4-6-15(17)18-3/h7-11,14,16H,4-6H2,1-3H3. The molecule has 0 bridgehead atoms. The van der Waals surface area contributed by atoms with E-state index in [-0.39, 0.29) is 12.1 Å². The second kappa shape index (κ2) is 7.79. The fourth-order valence-corrected chi connectivity index (χ4v) is 1.75. The minimum absolute atomic E-state index is 0.135. The first-order chi connectivity index (χ1) is 9.02. The van der Waals surface area contributed by atoms with Crippen molar-refractivity contribution in [3.05, 3.63) is 29.8 Å². The number of aliphatic hydroxyl groups is 1. The quantitative estimate of drug-likeness (QED) is 0.771. The van der Waals surface area contributed by atoms with Gasteiger partial charge in [-0.1, -0.05) is 12.1 Å². The Morgan fingerprint density at radius 3 is 2.42 bits per heavy atom. The molecule has 4 nitrogen and oxygen atoms in total. The third-order valence-corrected chi connectivity index (χ3v) is 2.72. The molecule has 0 aliphatic heterocycles. The first-order valence-electron chi connectivity index (χ1n) is 6.54. The Morgan fingerprint density at radius 2 is 1.89 bits per heavy atom. The maximum Gasteiger partial charge on any atom is 0.305 e. The van der Waals surface area contributed by atoms with Gasteiger partial charge >= 0.3 is 5.97 Å². The molecule has 1 aromatic rings. The van der Waals surface area contributed by atoms with E-state index in [1.165, 1.54) is 7.11 Å². The average molecular weight is 266 g/mol. The molecule has 1 unspecified atom stereocenters. The van der Waals surface area contributed by atoms with E-state index in [0.717, 1.165) is 11.3 Å². The van der Waals surface area contributed by atoms with Crippen LogP contribution in [0.2, 0.25) is 0 Å². The van der Waals surface area contributed by atoms with Crippen LogP contribution in [-0.4, -0.2) is 24.3 Å². The topological polar surface area (TPSA) is 55.8 Å². The lowest BCUT2D eigenvalue weighted by Gasteiger charge is -2.13. The molecule has 0 aliphatic rings. The Kier molecular flexibility index (Phi) is 6.36. The van der Waals surface area contributed by atoms with Crippen molar-refractivity contribution in [1.82, 2.24) is 0 Å². The summed E-state index contributed by atoms with van der Waals surface area (Å²) >= 11 is 0. The predicted octanol–water partition coefficient (Wildman–Crippen LogP) is 2.85. The van der Waals surface area contributed by atoms with Gasteiger partial charge in [0, 0.05) is 6.42 Å². The van der Waals surface area contributed by atoms with Crippen LogP contribution in [-0.2, 0) is 9.53 Å². The Bertz CT molecular complexity index is 384. The van der Waals surface area contributed by atoms with Crippen LogP contribution in [0.5, 0.6) is 5.75 Å². The van der Waals surface area contributed by atoms with Gasteiger partial charge in [-0.2, -0.15) is 0 Å². The molecule has 106 valence electrons. The van der Waals surface area contributed by atoms with Crippen LogP contribution in [0.15, 0.2) is 24.3 Å². The van der Waals surface area contributed by atoms with Crippen LogP contribution >= 0.6 is 0 Å². The first kappa shape index (κ1) is 15.5. The van der Waals surface area contributed by atoms with Gasteiger partial charge in [0.05, 0.1) is 19.3 Å². The average Bonchev–Trinajstić information content (AvgIpc) is 2.38. The molecule has 0 saturated heterocycles. The lowest BCUT2D eigenvalue weighted by atomic mass is 10.0. The molecule has 1 aromatic carbocycles. The number of esters is 1. The van der Waals surface area contributed by atoms with Crippen LogP contribution in [0.25, 0.3) is 0 Å². The van der Waals surface area contributed by atoms with Gasteiger partial charge in [0.15, 0.2) is 0 Å². The summed E-state index contributed by atoms with van der Waals surface area (Å²) in [6.07, 6.45) is 1.06. The molecule has 1 rings (SSSR count). The van der Waals surface area contributed by atoms with Gasteiger partial charge in [-0.15, -0.1) is 0 Å². The molecule has 0 amide bonds. The molecule has 1 N–H and O–H groups in total. The maximum absolute atomic E-state index is 11.0. The molecule has 0 aliphatic carbocycles. The summed E-state index contributed by atoms with van der Waals surface area (Å²) in [7, 11) is 1.37. The molecule has 0 spiro atoms. The number of rotatable bonds is 7. The minimum atomic E-state index is -0.558. The van der Waals surface area contributed by atoms with E-state index < -0.39 is 6.10 Å². The number of aliphatic hydroxyl groups excluding tert-OH is 1. The summed E-state index contributed by atoms with van der Waals surface area (Å²) < 4.78 is 10.1. The SMILES string of the molecule is COC(=O)CCCC(O)c1ccc(OC(C)C)cc1. The monoisotopic (exact) mass is 266 g/mol. The summed E-state index contributed by atoms with van der Waals surface area (Å²) in [6.45, 7) is 3.94. The normalized spacial score (nSPS) is 12.3. The van der Waals surface area contributed by atoms with Crippen LogP contribution in [0, 0.1) is 0 Å². The fraction of sp³-hybridized carbons (Fsp3) is 0.533. The summed E-state index contributed by atoms with van der Waals surface area (Å²) in [5.41, 5.74) is 0.834. The van der Waals surface area contributed by atoms with E-state index in [2.05, 4.69) is 4.74 Å². The molecule has 0 fully saturated rings. The van der Waals surface area contributed by atoms with Crippen LogP contribution in [0.1, 0.15) is 44.8 Å². The van der Waals surface area contributed by atoms with Crippen LogP contribution in [0.3, 0.4) is 0 Å². The van der Waals surface area contributed by atoms with Crippen molar-refractivity contribution in [2.24, 2.45) is 0 Å². The molecule has 1 atom stereocenters. The number of carbonyl (C=O) groups excluding carboxylic acids is 1. The van der Waals surface area contributed by atoms with Crippen molar-refractivity contribution in [2.75, 3.05) is 7.11 Å². The zero-order valence-corrected chi connectivity index (χ0v) is 11.8. The Morgan fingerprint density at radius 1 is 1.26 bits per heavy atom. The number of hydrogen-bond donors (Lipinski definition) is 1. The fourth-order valence-electron chi connectivity index (χ4n) is 1.75. The van der Waals surface area contributed by atoms with Crippen molar-refractivity contribution in [2.45, 2.75) is 45.3 Å². The van der Waals surface area contributed by atoms with E-state index in [1.54, 1.807) is 0 Å². The lowest BCUT2D eigenvalue weighted by Crippen LogP contribution is -2.06. The third-order valence-electron chi connectivity index (χ3n) is 2.72. The van der Waals surface area contributed by atoms with Crippen LogP contribution < -0.4 is 4.74 Å². The van der Waals surface area contributed by atoms with Gasteiger partial charge in [-0.3, -0.25) is 4.79 Å². The van der Waals surface area contributed by atoms with E-state index >= 15 is 0 Å². The number of ether oxygens (including phenoxy) is 2. The highest BCUT2D eigenvalue weighted by molar-refractivity contribution is 5.68. The zero-order valence-electron chi connectivity index (χ0n) is 11.8. The van der Waals surface area contributed by atoms with Gasteiger partial charge in [0.2, 0.25) is 0 Å². The number of benzene rings is 1. The predicted molar refractivity (Wildman–Crippen MR) is 73.0 cm³/mol. The third kappa shape index (κ3) is 5.75. The Hall–Kier alpha value is -1.55. The largest absolute Gasteiger partial charge is 0.491 e. The summed E-state index contributed by atoms with van der Waals surface area (Å²) in [5, 5.41) is 9.99. The van der Waals surface area contributed by atoms with Crippen molar-refractivity contribution in [1.29, 1.82) is 0 Å². The van der Waals surface area contributed by atoms with Crippen molar-refractivity contribution in [3.63, 3.8) is 0 Å². The molecular formula is C15H22O4. The smallest absolute Gasteiger partial charge is 0.305 e. The van der Waals surface area contributed by atoms with Gasteiger partial charge in [-0.25, -0.2) is 0 Å². The van der Waals surface area contributed by atoms with Gasteiger partial charge in [0.25, 0.3) is 0 Å². The second-order valence-corrected chi connectivity index (χ2v) is 4.72. The molecule has 4 heteroatoms. The lowest BCUT2D eigenvalue weighted by molar-refractivity contribution is -0.140. The van der Waals surface area contributed by atoms with Crippen molar-refractivity contribution in [3.8, 4) is 5.75 Å². The number of hydrogen-bond acceptors (Lipinski definition) is 4. The molecule has 0 heterocycles. The van der Waals surface area contributed by atoms with Gasteiger partial charge in [0.1, 0.15) is 5.75 Å². The van der Waals surface area contributed by atoms with Crippen molar-refractivity contribution < 1.29 is 19.4 Å². The van der Waals surface area contributed by atoms with E-state index in [9.17, 15) is 9.90 Å². The summed E-state index contributed by atoms with van der Waals surface area (Å²) in [5.74, 6) is 0.549. The molecule has 0 radical (unpaired) electrons. The van der Waals surface area contributed by atoms with E-state index in [0.29, 0.717) is 19.3 Å². The highest BCUT2D eigenvalue weighted by Crippen LogP contribution is 2.22. The molecule has 19 heavy (non-hydrogen) atoms. The molecular weight excluding hydrogens is 244 g/mol. The van der Waals surface area contributed by atoms with Crippen molar-refractivity contribution >= 4 is 5.97 Å². The number of carbonyl (C=O) groups is 1. The van der Waals surface area contributed by atoms with E-state index in [1.807, 2.05) is 38.1 Å². The highest BCUT2D eigenvalue weighted by Gasteiger charge is 2.09. The highest BCUT2D eigenvalue weighted by atomic mass is 16.5. The zero-order chi connectivity index (χ0) is 14.3. The first-order valence-corrected chi connectivity index (χ1v) is 6.54. The number of methoxy groups -OCH3 is 1. The maximum atomic E-state index is 11.0. The summed E-state index contributed by atoms with van der Waals surface area (Å²) in [6, 6.07) is 7.39.